The normalized spacial score (nSPS) is 20.7. The molecule has 6 aromatic carbocycles. The van der Waals surface area contributed by atoms with E-state index in [-0.39, 0.29) is 36.3 Å². The Labute approximate surface area is 514 Å². The van der Waals surface area contributed by atoms with Gasteiger partial charge in [-0.1, -0.05) is 141 Å². The van der Waals surface area contributed by atoms with Crippen molar-refractivity contribution >= 4 is 161 Å². The van der Waals surface area contributed by atoms with Crippen LogP contribution < -0.4 is 29.9 Å². The van der Waals surface area contributed by atoms with Crippen molar-refractivity contribution in [3.05, 3.63) is 189 Å². The van der Waals surface area contributed by atoms with Crippen molar-refractivity contribution < 1.29 is 25.3 Å². The number of sulfonamides is 2. The summed E-state index contributed by atoms with van der Waals surface area (Å²) in [7, 11) is -5.22. The van der Waals surface area contributed by atoms with Gasteiger partial charge in [-0.2, -0.15) is 0 Å². The molecule has 4 N–H and O–H groups in total. The number of nitrogens with zero attached hydrogens (tertiary/aromatic N) is 3. The molecular formula is C54H58Cl10N6O6S3. The van der Waals surface area contributed by atoms with E-state index in [0.29, 0.717) is 79.0 Å². The monoisotopic (exact) mass is 1330 g/mol. The fourth-order valence-electron chi connectivity index (χ4n) is 9.75. The largest absolute Gasteiger partial charge is 0.363 e. The van der Waals surface area contributed by atoms with Crippen LogP contribution in [0.1, 0.15) is 73.3 Å². The van der Waals surface area contributed by atoms with E-state index in [1.54, 1.807) is 18.2 Å². The Bertz CT molecular complexity index is 3200. The predicted octanol–water partition coefficient (Wildman–Crippen LogP) is 15.3. The summed E-state index contributed by atoms with van der Waals surface area (Å²) in [6, 6.07) is 39.7. The van der Waals surface area contributed by atoms with E-state index < -0.39 is 29.1 Å². The van der Waals surface area contributed by atoms with Crippen LogP contribution in [0.25, 0.3) is 0 Å². The summed E-state index contributed by atoms with van der Waals surface area (Å²) in [5, 5.41) is 5.67. The van der Waals surface area contributed by atoms with Crippen molar-refractivity contribution in [1.82, 2.24) is 9.44 Å². The quantitative estimate of drug-likeness (QED) is 0.113. The number of piperidine rings is 3. The summed E-state index contributed by atoms with van der Waals surface area (Å²) in [5.74, 6) is 0. The molecule has 3 aliphatic rings. The summed E-state index contributed by atoms with van der Waals surface area (Å²) in [5.41, 5.74) is 12.3. The molecule has 2 unspecified atom stereocenters. The molecule has 6 atom stereocenters. The SMILES string of the molecule is CS(=O)(=O)Cl.CS(=O)(=O)N[C@@H]1CCN(c2ccc(Cl)cc2Cl)[C@H](c2ccc(Cl)cc2)C1.CS(=O)(=O)N[C@H]1CCN(c2ccc(Cl)cc2Cl)[C@H](c2ccc(Cl)cc2)C1.NC1CCN(c2ccc(Cl)cc2Cl)C(c2ccc(Cl)cc2)C1. The van der Waals surface area contributed by atoms with Gasteiger partial charge in [0.15, 0.2) is 0 Å². The average Bonchev–Trinajstić information content (AvgIpc) is 3.36. The molecule has 0 aliphatic carbocycles. The number of nitrogens with one attached hydrogen (secondary N) is 2. The van der Waals surface area contributed by atoms with Crippen LogP contribution in [0.3, 0.4) is 0 Å². The fraction of sp³-hybridized carbons (Fsp3) is 0.333. The van der Waals surface area contributed by atoms with Gasteiger partial charge < -0.3 is 20.4 Å². The molecule has 9 rings (SSSR count). The number of nitrogens with two attached hydrogens (primary N) is 1. The Kier molecular flexibility index (Phi) is 24.2. The van der Waals surface area contributed by atoms with Crippen LogP contribution in [0.15, 0.2) is 127 Å². The zero-order valence-electron chi connectivity index (χ0n) is 42.8. The molecule has 6 aromatic rings. The van der Waals surface area contributed by atoms with Crippen molar-refractivity contribution in [2.24, 2.45) is 5.73 Å². The van der Waals surface area contributed by atoms with E-state index in [9.17, 15) is 25.3 Å². The van der Waals surface area contributed by atoms with Gasteiger partial charge in [0.05, 0.1) is 69.0 Å². The third-order valence-corrected chi connectivity index (χ3v) is 16.9. The highest BCUT2D eigenvalue weighted by Crippen LogP contribution is 2.43. The van der Waals surface area contributed by atoms with Crippen molar-refractivity contribution in [2.75, 3.05) is 53.1 Å². The summed E-state index contributed by atoms with van der Waals surface area (Å²) in [6.07, 6.45) is 7.78. The Morgan fingerprint density at radius 3 is 0.924 bits per heavy atom. The Balaban J connectivity index is 0.000000184. The number of hydrogen-bond acceptors (Lipinski definition) is 10. The predicted molar refractivity (Wildman–Crippen MR) is 334 cm³/mol. The minimum Gasteiger partial charge on any atom is -0.363 e. The van der Waals surface area contributed by atoms with Crippen molar-refractivity contribution in [3.63, 3.8) is 0 Å². The van der Waals surface area contributed by atoms with E-state index in [2.05, 4.69) is 47.0 Å². The van der Waals surface area contributed by atoms with Gasteiger partial charge in [0.1, 0.15) is 0 Å². The zero-order valence-corrected chi connectivity index (χ0v) is 52.8. The van der Waals surface area contributed by atoms with Gasteiger partial charge in [0.2, 0.25) is 29.1 Å². The van der Waals surface area contributed by atoms with Crippen LogP contribution in [0.4, 0.5) is 17.1 Å². The summed E-state index contributed by atoms with van der Waals surface area (Å²) >= 11 is 55.4. The Morgan fingerprint density at radius 1 is 0.405 bits per heavy atom. The molecule has 0 bridgehead atoms. The van der Waals surface area contributed by atoms with Gasteiger partial charge in [-0.05, 0) is 146 Å². The molecule has 0 spiro atoms. The maximum absolute atomic E-state index is 11.7. The zero-order chi connectivity index (χ0) is 58.0. The molecule has 25 heteroatoms. The topological polar surface area (TPSA) is 162 Å². The van der Waals surface area contributed by atoms with E-state index in [1.165, 1.54) is 18.1 Å². The van der Waals surface area contributed by atoms with E-state index in [0.717, 1.165) is 58.9 Å². The molecule has 3 fully saturated rings. The average molecular weight is 1340 g/mol. The number of anilines is 3. The summed E-state index contributed by atoms with van der Waals surface area (Å²) < 4.78 is 70.9. The second kappa shape index (κ2) is 29.2. The van der Waals surface area contributed by atoms with E-state index in [1.807, 2.05) is 97.1 Å². The highest BCUT2D eigenvalue weighted by atomic mass is 35.7. The van der Waals surface area contributed by atoms with Crippen LogP contribution in [0, 0.1) is 0 Å². The molecule has 3 aliphatic heterocycles. The first-order valence-electron chi connectivity index (χ1n) is 24.5. The van der Waals surface area contributed by atoms with Gasteiger partial charge in [0, 0.05) is 78.6 Å². The van der Waals surface area contributed by atoms with Crippen LogP contribution in [0.2, 0.25) is 45.2 Å². The summed E-state index contributed by atoms with van der Waals surface area (Å²) in [4.78, 5) is 6.70. The first kappa shape index (κ1) is 65.5. The Hall–Kier alpha value is -2.65. The minimum absolute atomic E-state index is 0.0288. The molecule has 3 saturated heterocycles. The standard InChI is InChI=1S/2C18H19Cl3N2O2S.C17H17Cl3N2.CH3ClO2S/c2*1-26(24,25)22-15-8-9-23(17-7-6-14(20)10-16(17)21)18(11-15)12-2-4-13(19)5-3-12;18-12-3-1-11(2-4-12)17-10-14(21)7-8-22(17)16-6-5-13(19)9-15(16)20;1-5(2,3)4/h2*2-7,10,15,18,22H,8-9,11H2,1H3;1-6,9,14,17H,7-8,10,21H2;1H3/t15-,18+;15-,18-;;/m10../s1. The second-order valence-corrected chi connectivity index (χ2v) is 29.7. The number of halogens is 10. The highest BCUT2D eigenvalue weighted by Gasteiger charge is 2.34. The van der Waals surface area contributed by atoms with E-state index in [4.69, 9.17) is 110 Å². The van der Waals surface area contributed by atoms with Crippen molar-refractivity contribution in [3.8, 4) is 0 Å². The lowest BCUT2D eigenvalue weighted by Gasteiger charge is -2.41. The molecule has 79 heavy (non-hydrogen) atoms. The first-order valence-corrected chi connectivity index (χ1v) is 34.4. The lowest BCUT2D eigenvalue weighted by Crippen LogP contribution is -2.46. The molecule has 0 aromatic heterocycles. The van der Waals surface area contributed by atoms with Gasteiger partial charge >= 0.3 is 0 Å². The number of hydrogen-bond donors (Lipinski definition) is 3. The van der Waals surface area contributed by atoms with Crippen molar-refractivity contribution in [1.29, 1.82) is 0 Å². The maximum atomic E-state index is 11.7. The van der Waals surface area contributed by atoms with Crippen LogP contribution >= 0.6 is 115 Å². The van der Waals surface area contributed by atoms with E-state index >= 15 is 0 Å². The van der Waals surface area contributed by atoms with Gasteiger partial charge in [-0.15, -0.1) is 0 Å². The molecule has 428 valence electrons. The van der Waals surface area contributed by atoms with Gasteiger partial charge in [-0.3, -0.25) is 0 Å². The molecule has 0 radical (unpaired) electrons. The second-order valence-electron chi connectivity index (χ2n) is 19.3. The van der Waals surface area contributed by atoms with Crippen LogP contribution in [-0.4, -0.2) is 81.8 Å². The first-order chi connectivity index (χ1) is 37.0. The maximum Gasteiger partial charge on any atom is 0.229 e. The molecule has 0 saturated carbocycles. The lowest BCUT2D eigenvalue weighted by molar-refractivity contribution is 0.395. The van der Waals surface area contributed by atoms with Gasteiger partial charge in [-0.25, -0.2) is 34.7 Å². The van der Waals surface area contributed by atoms with Crippen molar-refractivity contribution in [2.45, 2.75) is 74.8 Å². The fourth-order valence-corrected chi connectivity index (χ4v) is 13.3. The third kappa shape index (κ3) is 20.9. The summed E-state index contributed by atoms with van der Waals surface area (Å²) in [6.45, 7) is 2.21. The smallest absolute Gasteiger partial charge is 0.229 e. The highest BCUT2D eigenvalue weighted by molar-refractivity contribution is 8.13. The minimum atomic E-state index is -3.27. The molecule has 0 amide bonds. The van der Waals surface area contributed by atoms with Crippen LogP contribution in [-0.2, 0) is 29.1 Å². The molecule has 12 nitrogen and oxygen atoms in total. The molecular weight excluding hydrogens is 1280 g/mol. The Morgan fingerprint density at radius 2 is 0.658 bits per heavy atom. The van der Waals surface area contributed by atoms with Crippen LogP contribution in [0.5, 0.6) is 0 Å². The lowest BCUT2D eigenvalue weighted by atomic mass is 9.91. The molecule has 3 heterocycles. The van der Waals surface area contributed by atoms with Gasteiger partial charge in [0.25, 0.3) is 0 Å². The number of benzene rings is 6. The third-order valence-electron chi connectivity index (χ3n) is 13.0. The number of rotatable bonds is 10.